The van der Waals surface area contributed by atoms with Crippen LogP contribution < -0.4 is 5.32 Å². The first kappa shape index (κ1) is 14.9. The summed E-state index contributed by atoms with van der Waals surface area (Å²) in [6.07, 6.45) is 4.08. The van der Waals surface area contributed by atoms with E-state index in [1.165, 1.54) is 38.9 Å². The van der Waals surface area contributed by atoms with Crippen molar-refractivity contribution >= 4 is 0 Å². The lowest BCUT2D eigenvalue weighted by atomic mass is 9.78. The van der Waals surface area contributed by atoms with Gasteiger partial charge in [0, 0.05) is 12.1 Å². The Morgan fingerprint density at radius 3 is 2.29 bits per heavy atom. The van der Waals surface area contributed by atoms with Crippen molar-refractivity contribution in [2.75, 3.05) is 40.8 Å². The topological polar surface area (TPSA) is 18.5 Å². The largest absolute Gasteiger partial charge is 0.314 e. The van der Waals surface area contributed by atoms with Gasteiger partial charge >= 0.3 is 0 Å². The molecule has 3 nitrogen and oxygen atoms in total. The third-order valence-corrected chi connectivity index (χ3v) is 3.85. The summed E-state index contributed by atoms with van der Waals surface area (Å²) in [6.45, 7) is 8.09. The van der Waals surface area contributed by atoms with Gasteiger partial charge in [-0.05, 0) is 66.0 Å². The Balaban J connectivity index is 2.16. The van der Waals surface area contributed by atoms with Crippen LogP contribution in [0.3, 0.4) is 0 Å². The molecule has 0 spiro atoms. The van der Waals surface area contributed by atoms with Crippen LogP contribution in [0.5, 0.6) is 0 Å². The normalized spacial score (nSPS) is 24.7. The molecule has 1 saturated carbocycles. The summed E-state index contributed by atoms with van der Waals surface area (Å²) in [4.78, 5) is 4.84. The number of hydrogen-bond acceptors (Lipinski definition) is 3. The van der Waals surface area contributed by atoms with Crippen molar-refractivity contribution in [1.29, 1.82) is 0 Å². The van der Waals surface area contributed by atoms with Gasteiger partial charge in [-0.15, -0.1) is 0 Å². The van der Waals surface area contributed by atoms with Crippen molar-refractivity contribution in [2.45, 2.75) is 45.2 Å². The van der Waals surface area contributed by atoms with Crippen molar-refractivity contribution < 1.29 is 0 Å². The van der Waals surface area contributed by atoms with Gasteiger partial charge in [0.05, 0.1) is 0 Å². The molecule has 102 valence electrons. The zero-order chi connectivity index (χ0) is 12.8. The lowest BCUT2D eigenvalue weighted by molar-refractivity contribution is 0.0799. The minimum Gasteiger partial charge on any atom is -0.314 e. The summed E-state index contributed by atoms with van der Waals surface area (Å²) in [5.74, 6) is 0.877. The third-order valence-electron chi connectivity index (χ3n) is 3.85. The van der Waals surface area contributed by atoms with Crippen LogP contribution in [0.4, 0.5) is 0 Å². The minimum atomic E-state index is 0.621. The average molecular weight is 241 g/mol. The highest BCUT2D eigenvalue weighted by Crippen LogP contribution is 2.31. The van der Waals surface area contributed by atoms with Gasteiger partial charge < -0.3 is 15.1 Å². The van der Waals surface area contributed by atoms with Crippen LogP contribution in [0.2, 0.25) is 0 Å². The van der Waals surface area contributed by atoms with Crippen LogP contribution in [-0.2, 0) is 0 Å². The molecule has 3 heteroatoms. The molecule has 0 amide bonds. The quantitative estimate of drug-likeness (QED) is 0.697. The van der Waals surface area contributed by atoms with Gasteiger partial charge in [0.2, 0.25) is 0 Å². The fourth-order valence-electron chi connectivity index (χ4n) is 2.56. The zero-order valence-electron chi connectivity index (χ0n) is 12.4. The van der Waals surface area contributed by atoms with Gasteiger partial charge in [0.1, 0.15) is 0 Å². The summed E-state index contributed by atoms with van der Waals surface area (Å²) < 4.78 is 0. The lowest BCUT2D eigenvalue weighted by Gasteiger charge is -2.43. The summed E-state index contributed by atoms with van der Waals surface area (Å²) in [6, 6.07) is 1.44. The van der Waals surface area contributed by atoms with E-state index in [0.717, 1.165) is 12.0 Å². The van der Waals surface area contributed by atoms with E-state index in [4.69, 9.17) is 0 Å². The van der Waals surface area contributed by atoms with E-state index in [1.54, 1.807) is 0 Å². The molecule has 1 rings (SSSR count). The number of hydrogen-bond donors (Lipinski definition) is 1. The Labute approximate surface area is 108 Å². The molecule has 2 unspecified atom stereocenters. The van der Waals surface area contributed by atoms with Crippen molar-refractivity contribution in [3.05, 3.63) is 0 Å². The molecule has 0 radical (unpaired) electrons. The van der Waals surface area contributed by atoms with E-state index < -0.39 is 0 Å². The van der Waals surface area contributed by atoms with Crippen molar-refractivity contribution in [1.82, 2.24) is 15.1 Å². The SMILES string of the molecule is CC(C)NCC1CCC1N(C)CCCN(C)C. The standard InChI is InChI=1S/C14H31N3/c1-12(2)15-11-13-7-8-14(13)17(5)10-6-9-16(3)4/h12-15H,6-11H2,1-5H3. The molecule has 0 bridgehead atoms. The van der Waals surface area contributed by atoms with Crippen LogP contribution in [-0.4, -0.2) is 62.7 Å². The zero-order valence-corrected chi connectivity index (χ0v) is 12.4. The molecule has 2 atom stereocenters. The summed E-state index contributed by atoms with van der Waals surface area (Å²) in [7, 11) is 6.60. The lowest BCUT2D eigenvalue weighted by Crippen LogP contribution is -2.50. The monoisotopic (exact) mass is 241 g/mol. The molecule has 0 aliphatic heterocycles. The Morgan fingerprint density at radius 1 is 1.12 bits per heavy atom. The van der Waals surface area contributed by atoms with Crippen molar-refractivity contribution in [2.24, 2.45) is 5.92 Å². The van der Waals surface area contributed by atoms with E-state index in [1.807, 2.05) is 0 Å². The van der Waals surface area contributed by atoms with Crippen LogP contribution in [0.25, 0.3) is 0 Å². The average Bonchev–Trinajstić information content (AvgIpc) is 2.14. The molecule has 0 saturated heterocycles. The van der Waals surface area contributed by atoms with Crippen molar-refractivity contribution in [3.8, 4) is 0 Å². The minimum absolute atomic E-state index is 0.621. The molecule has 1 fully saturated rings. The fraction of sp³-hybridized carbons (Fsp3) is 1.00. The van der Waals surface area contributed by atoms with Gasteiger partial charge in [-0.25, -0.2) is 0 Å². The third kappa shape index (κ3) is 5.36. The fourth-order valence-corrected chi connectivity index (χ4v) is 2.56. The number of rotatable bonds is 8. The second kappa shape index (κ2) is 7.34. The van der Waals surface area contributed by atoms with Gasteiger partial charge in [0.15, 0.2) is 0 Å². The van der Waals surface area contributed by atoms with E-state index in [-0.39, 0.29) is 0 Å². The van der Waals surface area contributed by atoms with Gasteiger partial charge in [-0.1, -0.05) is 13.8 Å². The number of nitrogens with zero attached hydrogens (tertiary/aromatic N) is 2. The molecular weight excluding hydrogens is 210 g/mol. The highest BCUT2D eigenvalue weighted by atomic mass is 15.2. The van der Waals surface area contributed by atoms with Gasteiger partial charge in [0.25, 0.3) is 0 Å². The van der Waals surface area contributed by atoms with E-state index >= 15 is 0 Å². The molecule has 1 aliphatic carbocycles. The van der Waals surface area contributed by atoms with Gasteiger partial charge in [-0.2, -0.15) is 0 Å². The highest BCUT2D eigenvalue weighted by Gasteiger charge is 2.33. The van der Waals surface area contributed by atoms with E-state index in [2.05, 4.69) is 50.1 Å². The molecular formula is C14H31N3. The smallest absolute Gasteiger partial charge is 0.0133 e. The van der Waals surface area contributed by atoms with Gasteiger partial charge in [-0.3, -0.25) is 0 Å². The highest BCUT2D eigenvalue weighted by molar-refractivity contribution is 4.89. The first-order valence-electron chi connectivity index (χ1n) is 7.09. The Bertz CT molecular complexity index is 204. The maximum Gasteiger partial charge on any atom is 0.0133 e. The molecule has 1 aliphatic rings. The Morgan fingerprint density at radius 2 is 1.82 bits per heavy atom. The molecule has 1 N–H and O–H groups in total. The predicted octanol–water partition coefficient (Wildman–Crippen LogP) is 1.65. The predicted molar refractivity (Wildman–Crippen MR) is 75.5 cm³/mol. The molecule has 17 heavy (non-hydrogen) atoms. The Kier molecular flexibility index (Phi) is 6.45. The maximum absolute atomic E-state index is 3.57. The second-order valence-electron chi connectivity index (χ2n) is 6.11. The second-order valence-corrected chi connectivity index (χ2v) is 6.11. The molecule has 0 aromatic heterocycles. The summed E-state index contributed by atoms with van der Waals surface area (Å²) in [5, 5.41) is 3.57. The first-order chi connectivity index (χ1) is 8.00. The van der Waals surface area contributed by atoms with Crippen LogP contribution in [0.15, 0.2) is 0 Å². The van der Waals surface area contributed by atoms with E-state index in [0.29, 0.717) is 6.04 Å². The molecule has 0 heterocycles. The van der Waals surface area contributed by atoms with Crippen LogP contribution in [0, 0.1) is 5.92 Å². The van der Waals surface area contributed by atoms with Crippen LogP contribution >= 0.6 is 0 Å². The van der Waals surface area contributed by atoms with Crippen LogP contribution in [0.1, 0.15) is 33.1 Å². The molecule has 0 aromatic rings. The summed E-state index contributed by atoms with van der Waals surface area (Å²) in [5.41, 5.74) is 0. The Hall–Kier alpha value is -0.120. The maximum atomic E-state index is 3.57. The van der Waals surface area contributed by atoms with E-state index in [9.17, 15) is 0 Å². The van der Waals surface area contributed by atoms with Crippen molar-refractivity contribution in [3.63, 3.8) is 0 Å². The first-order valence-corrected chi connectivity index (χ1v) is 7.09. The number of nitrogens with one attached hydrogen (secondary N) is 1. The summed E-state index contributed by atoms with van der Waals surface area (Å²) >= 11 is 0. The molecule has 0 aromatic carbocycles.